The Labute approximate surface area is 141 Å². The van der Waals surface area contributed by atoms with Gasteiger partial charge in [0.2, 0.25) is 5.91 Å². The van der Waals surface area contributed by atoms with E-state index in [4.69, 9.17) is 21.1 Å². The van der Waals surface area contributed by atoms with Crippen molar-refractivity contribution in [1.29, 1.82) is 0 Å². The van der Waals surface area contributed by atoms with Crippen molar-refractivity contribution in [1.82, 2.24) is 5.32 Å². The maximum absolute atomic E-state index is 11.9. The van der Waals surface area contributed by atoms with Crippen molar-refractivity contribution in [3.8, 4) is 5.75 Å². The van der Waals surface area contributed by atoms with E-state index in [-0.39, 0.29) is 5.91 Å². The largest absolute Gasteiger partial charge is 0.492 e. The predicted molar refractivity (Wildman–Crippen MR) is 90.6 cm³/mol. The summed E-state index contributed by atoms with van der Waals surface area (Å²) in [6, 6.07) is 16.9. The molecule has 1 atom stereocenters. The Morgan fingerprint density at radius 2 is 1.96 bits per heavy atom. The molecule has 2 rings (SSSR count). The van der Waals surface area contributed by atoms with Crippen molar-refractivity contribution in [2.75, 3.05) is 13.2 Å². The van der Waals surface area contributed by atoms with Crippen LogP contribution in [-0.4, -0.2) is 25.2 Å². The number of carbonyl (C=O) groups is 1. The van der Waals surface area contributed by atoms with Crippen molar-refractivity contribution < 1.29 is 14.3 Å². The molecule has 0 aliphatic carbocycles. The first-order chi connectivity index (χ1) is 11.1. The zero-order valence-corrected chi connectivity index (χ0v) is 13.8. The number of nitrogens with one attached hydrogen (secondary N) is 1. The van der Waals surface area contributed by atoms with Crippen LogP contribution in [0.4, 0.5) is 0 Å². The van der Waals surface area contributed by atoms with Gasteiger partial charge < -0.3 is 14.8 Å². The van der Waals surface area contributed by atoms with Gasteiger partial charge in [-0.15, -0.1) is 0 Å². The summed E-state index contributed by atoms with van der Waals surface area (Å²) in [6.07, 6.45) is -0.513. The number of amides is 1. The molecule has 122 valence electrons. The summed E-state index contributed by atoms with van der Waals surface area (Å²) in [7, 11) is 0. The molecule has 0 saturated carbocycles. The van der Waals surface area contributed by atoms with Crippen LogP contribution < -0.4 is 10.1 Å². The summed E-state index contributed by atoms with van der Waals surface area (Å²) >= 11 is 5.87. The molecule has 0 unspecified atom stereocenters. The number of benzene rings is 2. The summed E-state index contributed by atoms with van der Waals surface area (Å²) in [5, 5.41) is 3.40. The maximum atomic E-state index is 11.9. The summed E-state index contributed by atoms with van der Waals surface area (Å²) in [5.74, 6) is 0.524. The van der Waals surface area contributed by atoms with Crippen molar-refractivity contribution >= 4 is 17.5 Å². The number of carbonyl (C=O) groups excluding carboxylic acids is 1. The van der Waals surface area contributed by atoms with Crippen LogP contribution in [0.15, 0.2) is 54.6 Å². The summed E-state index contributed by atoms with van der Waals surface area (Å²) in [5.41, 5.74) is 1.04. The highest BCUT2D eigenvalue weighted by atomic mass is 35.5. The van der Waals surface area contributed by atoms with E-state index in [1.54, 1.807) is 19.1 Å². The molecule has 1 N–H and O–H groups in total. The van der Waals surface area contributed by atoms with E-state index in [0.717, 1.165) is 5.56 Å². The number of hydrogen-bond acceptors (Lipinski definition) is 3. The van der Waals surface area contributed by atoms with Gasteiger partial charge in [-0.05, 0) is 30.7 Å². The third-order valence-electron chi connectivity index (χ3n) is 3.18. The quantitative estimate of drug-likeness (QED) is 0.753. The SMILES string of the molecule is C[C@H](OCc1ccccc1)C(=O)NCCOc1cccc(Cl)c1. The standard InChI is InChI=1S/C18H20ClNO3/c1-14(23-13-15-6-3-2-4-7-15)18(21)20-10-11-22-17-9-5-8-16(19)12-17/h2-9,12,14H,10-11,13H2,1H3,(H,20,21)/t14-/m0/s1. The topological polar surface area (TPSA) is 47.6 Å². The van der Waals surface area contributed by atoms with Crippen molar-refractivity contribution in [3.05, 3.63) is 65.2 Å². The van der Waals surface area contributed by atoms with Crippen LogP contribution >= 0.6 is 11.6 Å². The van der Waals surface area contributed by atoms with Crippen LogP contribution in [0, 0.1) is 0 Å². The minimum absolute atomic E-state index is 0.157. The zero-order valence-electron chi connectivity index (χ0n) is 13.0. The molecule has 0 radical (unpaired) electrons. The summed E-state index contributed by atoms with van der Waals surface area (Å²) < 4.78 is 11.1. The monoisotopic (exact) mass is 333 g/mol. The van der Waals surface area contributed by atoms with Crippen LogP contribution in [-0.2, 0) is 16.1 Å². The second-order valence-corrected chi connectivity index (χ2v) is 5.47. The first-order valence-electron chi connectivity index (χ1n) is 7.47. The lowest BCUT2D eigenvalue weighted by Gasteiger charge is -2.14. The molecule has 2 aromatic rings. The molecular weight excluding hydrogens is 314 g/mol. The van der Waals surface area contributed by atoms with Crippen LogP contribution in [0.2, 0.25) is 5.02 Å². The van der Waals surface area contributed by atoms with Gasteiger partial charge in [0.1, 0.15) is 18.5 Å². The van der Waals surface area contributed by atoms with E-state index in [1.807, 2.05) is 42.5 Å². The molecule has 0 spiro atoms. The van der Waals surface area contributed by atoms with E-state index in [9.17, 15) is 4.79 Å². The van der Waals surface area contributed by atoms with E-state index in [0.29, 0.717) is 30.5 Å². The van der Waals surface area contributed by atoms with Crippen molar-refractivity contribution in [2.45, 2.75) is 19.6 Å². The number of ether oxygens (including phenoxy) is 2. The smallest absolute Gasteiger partial charge is 0.248 e. The van der Waals surface area contributed by atoms with Gasteiger partial charge in [-0.3, -0.25) is 4.79 Å². The molecule has 0 bridgehead atoms. The van der Waals surface area contributed by atoms with Gasteiger partial charge in [0.25, 0.3) is 0 Å². The molecule has 5 heteroatoms. The Bertz CT molecular complexity index is 619. The Hall–Kier alpha value is -2.04. The van der Waals surface area contributed by atoms with Crippen molar-refractivity contribution in [2.24, 2.45) is 0 Å². The molecule has 23 heavy (non-hydrogen) atoms. The van der Waals surface area contributed by atoms with Gasteiger partial charge in [-0.1, -0.05) is 48.0 Å². The minimum atomic E-state index is -0.513. The maximum Gasteiger partial charge on any atom is 0.248 e. The molecule has 0 saturated heterocycles. The van der Waals surface area contributed by atoms with Crippen LogP contribution in [0.25, 0.3) is 0 Å². The number of rotatable bonds is 8. The first kappa shape index (κ1) is 17.3. The third kappa shape index (κ3) is 6.30. The molecule has 1 amide bonds. The normalized spacial score (nSPS) is 11.7. The summed E-state index contributed by atoms with van der Waals surface area (Å²) in [6.45, 7) is 2.92. The van der Waals surface area contributed by atoms with Gasteiger partial charge in [0.15, 0.2) is 0 Å². The second-order valence-electron chi connectivity index (χ2n) is 5.04. The Morgan fingerprint density at radius 1 is 1.17 bits per heavy atom. The fourth-order valence-electron chi connectivity index (χ4n) is 1.91. The van der Waals surface area contributed by atoms with E-state index < -0.39 is 6.10 Å². The summed E-state index contributed by atoms with van der Waals surface area (Å²) in [4.78, 5) is 11.9. The zero-order chi connectivity index (χ0) is 16.5. The predicted octanol–water partition coefficient (Wildman–Crippen LogP) is 3.44. The molecule has 4 nitrogen and oxygen atoms in total. The average molecular weight is 334 g/mol. The number of hydrogen-bond donors (Lipinski definition) is 1. The molecular formula is C18H20ClNO3. The molecule has 2 aromatic carbocycles. The molecule has 0 aliphatic heterocycles. The Balaban J connectivity index is 1.64. The van der Waals surface area contributed by atoms with E-state index >= 15 is 0 Å². The minimum Gasteiger partial charge on any atom is -0.492 e. The van der Waals surface area contributed by atoms with Gasteiger partial charge >= 0.3 is 0 Å². The van der Waals surface area contributed by atoms with Gasteiger partial charge in [-0.25, -0.2) is 0 Å². The molecule has 0 heterocycles. The molecule has 0 aliphatic rings. The Kier molecular flexibility index (Phi) is 6.91. The molecule has 0 aromatic heterocycles. The fraction of sp³-hybridized carbons (Fsp3) is 0.278. The van der Waals surface area contributed by atoms with Gasteiger partial charge in [0.05, 0.1) is 13.2 Å². The lowest BCUT2D eigenvalue weighted by Crippen LogP contribution is -2.36. The third-order valence-corrected chi connectivity index (χ3v) is 3.41. The number of halogens is 1. The van der Waals surface area contributed by atoms with E-state index in [2.05, 4.69) is 5.32 Å². The fourth-order valence-corrected chi connectivity index (χ4v) is 2.10. The average Bonchev–Trinajstić information content (AvgIpc) is 2.57. The van der Waals surface area contributed by atoms with Crippen molar-refractivity contribution in [3.63, 3.8) is 0 Å². The highest BCUT2D eigenvalue weighted by Gasteiger charge is 2.12. The van der Waals surface area contributed by atoms with Gasteiger partial charge in [0, 0.05) is 5.02 Å². The van der Waals surface area contributed by atoms with Gasteiger partial charge in [-0.2, -0.15) is 0 Å². The highest BCUT2D eigenvalue weighted by Crippen LogP contribution is 2.16. The lowest BCUT2D eigenvalue weighted by molar-refractivity contribution is -0.132. The van der Waals surface area contributed by atoms with Crippen LogP contribution in [0.1, 0.15) is 12.5 Å². The second kappa shape index (κ2) is 9.18. The Morgan fingerprint density at radius 3 is 2.70 bits per heavy atom. The highest BCUT2D eigenvalue weighted by molar-refractivity contribution is 6.30. The van der Waals surface area contributed by atoms with E-state index in [1.165, 1.54) is 0 Å². The first-order valence-corrected chi connectivity index (χ1v) is 7.84. The van der Waals surface area contributed by atoms with Crippen LogP contribution in [0.3, 0.4) is 0 Å². The van der Waals surface area contributed by atoms with Crippen LogP contribution in [0.5, 0.6) is 5.75 Å². The lowest BCUT2D eigenvalue weighted by atomic mass is 10.2. The molecule has 0 fully saturated rings.